The first-order valence-corrected chi connectivity index (χ1v) is 29.3. The van der Waals surface area contributed by atoms with Crippen LogP contribution in [0.3, 0.4) is 0 Å². The first-order valence-electron chi connectivity index (χ1n) is 29.3. The monoisotopic (exact) mass is 1070 g/mol. The molecule has 2 fully saturated rings. The van der Waals surface area contributed by atoms with Crippen molar-refractivity contribution in [2.75, 3.05) is 53.4 Å². The highest BCUT2D eigenvalue weighted by Gasteiger charge is 2.42. The lowest BCUT2D eigenvalue weighted by Crippen LogP contribution is -2.59. The Labute approximate surface area is 466 Å². The van der Waals surface area contributed by atoms with Crippen molar-refractivity contribution in [2.24, 2.45) is 10.8 Å². The highest BCUT2D eigenvalue weighted by molar-refractivity contribution is 5.92. The molecule has 4 N–H and O–H groups in total. The number of likely N-dealkylation sites (tertiary alicyclic amines) is 2. The van der Waals surface area contributed by atoms with Crippen LogP contribution in [0.5, 0.6) is 0 Å². The molecule has 14 nitrogen and oxygen atoms in total. The third-order valence-corrected chi connectivity index (χ3v) is 16.4. The van der Waals surface area contributed by atoms with Gasteiger partial charge >= 0.3 is 0 Å². The lowest BCUT2D eigenvalue weighted by atomic mass is 9.85. The standard InChI is InChI=1S/C64H94N8O6/c1-45(65-9)59(75)67-57(63(3,4)5)61(77)71-39-23-31-51(71)43-69(41-37-49-29-21-27-47-25-17-19-33-53(47)49)55(73)35-15-13-11-12-14-16-36-56(74)70(42-38-50-30-22-28-48-26-18-20-34-54(48)50)44-52-32-24-40-72(52)62(78)58(64(6,7)8)68-60(76)46(2)66-10/h17-22,25-30,33-34,45-46,51-52,57-58,65-66H,11-16,23-24,31-32,35-44H2,1-10H3,(H,67,75)(H,68,76)/t45-,46-,51-,52-,57+,58+/m0/s1. The number of rotatable bonds is 27. The molecule has 14 heteroatoms. The maximum absolute atomic E-state index is 14.4. The quantitative estimate of drug-likeness (QED) is 0.0431. The van der Waals surface area contributed by atoms with Crippen LogP contribution < -0.4 is 21.3 Å². The van der Waals surface area contributed by atoms with Gasteiger partial charge in [0, 0.05) is 64.2 Å². The van der Waals surface area contributed by atoms with Gasteiger partial charge in [0.25, 0.3) is 0 Å². The van der Waals surface area contributed by atoms with Crippen LogP contribution >= 0.6 is 0 Å². The Hall–Kier alpha value is -5.86. The van der Waals surface area contributed by atoms with Crippen molar-refractivity contribution in [1.82, 2.24) is 40.9 Å². The first kappa shape index (κ1) is 61.4. The fourth-order valence-corrected chi connectivity index (χ4v) is 11.3. The van der Waals surface area contributed by atoms with Gasteiger partial charge in [0.15, 0.2) is 0 Å². The predicted octanol–water partition coefficient (Wildman–Crippen LogP) is 8.82. The molecule has 0 bridgehead atoms. The molecule has 0 spiro atoms. The minimum atomic E-state index is -0.708. The molecule has 6 rings (SSSR count). The summed E-state index contributed by atoms with van der Waals surface area (Å²) in [7, 11) is 3.46. The summed E-state index contributed by atoms with van der Waals surface area (Å²) < 4.78 is 0. The van der Waals surface area contributed by atoms with Crippen LogP contribution in [-0.4, -0.2) is 145 Å². The second-order valence-corrected chi connectivity index (χ2v) is 24.4. The smallest absolute Gasteiger partial charge is 0.246 e. The zero-order valence-electron chi connectivity index (χ0n) is 48.9. The number of amides is 6. The highest BCUT2D eigenvalue weighted by atomic mass is 16.2. The molecule has 78 heavy (non-hydrogen) atoms. The van der Waals surface area contributed by atoms with Gasteiger partial charge in [-0.25, -0.2) is 0 Å². The molecule has 0 aliphatic carbocycles. The number of unbranched alkanes of at least 4 members (excludes halogenated alkanes) is 5. The van der Waals surface area contributed by atoms with E-state index in [1.54, 1.807) is 27.9 Å². The van der Waals surface area contributed by atoms with E-state index in [1.165, 1.54) is 32.7 Å². The van der Waals surface area contributed by atoms with E-state index in [-0.39, 0.29) is 47.5 Å². The van der Waals surface area contributed by atoms with Crippen molar-refractivity contribution >= 4 is 57.0 Å². The van der Waals surface area contributed by atoms with Gasteiger partial charge < -0.3 is 40.9 Å². The molecular weight excluding hydrogens is 977 g/mol. The van der Waals surface area contributed by atoms with Crippen LogP contribution in [0, 0.1) is 10.8 Å². The number of hydrogen-bond acceptors (Lipinski definition) is 8. The largest absolute Gasteiger partial charge is 0.342 e. The molecule has 2 aliphatic heterocycles. The number of carbonyl (C=O) groups excluding carboxylic acids is 6. The summed E-state index contributed by atoms with van der Waals surface area (Å²) in [6, 6.07) is 26.7. The van der Waals surface area contributed by atoms with Crippen molar-refractivity contribution in [1.29, 1.82) is 0 Å². The molecule has 2 heterocycles. The van der Waals surface area contributed by atoms with E-state index in [1.807, 2.05) is 73.3 Å². The minimum absolute atomic E-state index is 0.0943. The molecule has 2 aliphatic rings. The fourth-order valence-electron chi connectivity index (χ4n) is 11.3. The van der Waals surface area contributed by atoms with Crippen LogP contribution in [-0.2, 0) is 41.6 Å². The molecule has 4 aromatic carbocycles. The van der Waals surface area contributed by atoms with E-state index >= 15 is 0 Å². The third-order valence-electron chi connectivity index (χ3n) is 16.4. The van der Waals surface area contributed by atoms with Gasteiger partial charge in [0.1, 0.15) is 12.1 Å². The van der Waals surface area contributed by atoms with Crippen LogP contribution in [0.25, 0.3) is 21.5 Å². The van der Waals surface area contributed by atoms with Gasteiger partial charge in [-0.1, -0.05) is 152 Å². The number of carbonyl (C=O) groups is 6. The lowest BCUT2D eigenvalue weighted by molar-refractivity contribution is -0.142. The third kappa shape index (κ3) is 16.8. The summed E-state index contributed by atoms with van der Waals surface area (Å²) in [6.45, 7) is 18.6. The van der Waals surface area contributed by atoms with Crippen molar-refractivity contribution in [3.63, 3.8) is 0 Å². The second-order valence-electron chi connectivity index (χ2n) is 24.4. The normalized spacial score (nSPS) is 17.4. The van der Waals surface area contributed by atoms with Crippen molar-refractivity contribution in [3.05, 3.63) is 96.1 Å². The Kier molecular flexibility index (Phi) is 22.7. The maximum atomic E-state index is 14.4. The summed E-state index contributed by atoms with van der Waals surface area (Å²) in [5.74, 6) is -0.445. The molecule has 2 saturated heterocycles. The highest BCUT2D eigenvalue weighted by Crippen LogP contribution is 2.30. The van der Waals surface area contributed by atoms with Crippen LogP contribution in [0.4, 0.5) is 0 Å². The van der Waals surface area contributed by atoms with E-state index in [0.29, 0.717) is 65.0 Å². The number of hydrogen-bond donors (Lipinski definition) is 4. The molecule has 6 atom stereocenters. The molecule has 0 radical (unpaired) electrons. The first-order chi connectivity index (χ1) is 37.2. The van der Waals surface area contributed by atoms with Crippen LogP contribution in [0.15, 0.2) is 84.9 Å². The van der Waals surface area contributed by atoms with E-state index in [4.69, 9.17) is 0 Å². The summed E-state index contributed by atoms with van der Waals surface area (Å²) in [5.41, 5.74) is 1.34. The van der Waals surface area contributed by atoms with Gasteiger partial charge in [-0.05, 0) is 123 Å². The van der Waals surface area contributed by atoms with Crippen LogP contribution in [0.2, 0.25) is 0 Å². The molecule has 6 amide bonds. The number of benzene rings is 4. The van der Waals surface area contributed by atoms with Gasteiger partial charge in [-0.2, -0.15) is 0 Å². The SMILES string of the molecule is CN[C@@H](C)C(=O)N[C@H](C(=O)N1CCC[C@H]1CN(CCc1cccc2ccccc12)C(=O)CCCCCCCCC(=O)N(CCc1cccc2ccccc12)C[C@@H]1CCCN1C(=O)[C@@H](NC(=O)[C@H](C)NC)C(C)(C)C)C(C)(C)C. The number of nitrogens with zero attached hydrogens (tertiary/aromatic N) is 4. The number of likely N-dealkylation sites (N-methyl/N-ethyl adjacent to an activating group) is 2. The van der Waals surface area contributed by atoms with Crippen molar-refractivity contribution in [2.45, 2.75) is 182 Å². The number of fused-ring (bicyclic) bond motifs is 2. The topological polar surface area (TPSA) is 163 Å². The summed E-state index contributed by atoms with van der Waals surface area (Å²) in [6.07, 6.45) is 10.7. The second kappa shape index (κ2) is 28.9. The average Bonchev–Trinajstić information content (AvgIpc) is 4.16. The van der Waals surface area contributed by atoms with Crippen molar-refractivity contribution < 1.29 is 28.8 Å². The molecule has 4 aromatic rings. The van der Waals surface area contributed by atoms with Gasteiger partial charge in [-0.15, -0.1) is 0 Å². The van der Waals surface area contributed by atoms with Crippen LogP contribution in [0.1, 0.15) is 144 Å². The molecule has 426 valence electrons. The summed E-state index contributed by atoms with van der Waals surface area (Å²) in [5, 5.41) is 16.7. The maximum Gasteiger partial charge on any atom is 0.246 e. The Balaban J connectivity index is 1.06. The van der Waals surface area contributed by atoms with Gasteiger partial charge in [0.2, 0.25) is 35.4 Å². The van der Waals surface area contributed by atoms with Gasteiger partial charge in [0.05, 0.1) is 12.1 Å². The number of nitrogens with one attached hydrogen (secondary N) is 4. The minimum Gasteiger partial charge on any atom is -0.342 e. The van der Waals surface area contributed by atoms with E-state index in [0.717, 1.165) is 64.2 Å². The Morgan fingerprint density at radius 1 is 0.526 bits per heavy atom. The molecule has 0 unspecified atom stereocenters. The zero-order chi connectivity index (χ0) is 56.6. The lowest BCUT2D eigenvalue weighted by Gasteiger charge is -2.37. The molecule has 0 aromatic heterocycles. The summed E-state index contributed by atoms with van der Waals surface area (Å²) >= 11 is 0. The Bertz CT molecular complexity index is 2450. The van der Waals surface area contributed by atoms with E-state index in [2.05, 4.69) is 94.1 Å². The zero-order valence-corrected chi connectivity index (χ0v) is 48.9. The Morgan fingerprint density at radius 2 is 0.885 bits per heavy atom. The Morgan fingerprint density at radius 3 is 1.26 bits per heavy atom. The van der Waals surface area contributed by atoms with E-state index in [9.17, 15) is 28.8 Å². The average molecular weight is 1070 g/mol. The van der Waals surface area contributed by atoms with E-state index < -0.39 is 35.0 Å². The van der Waals surface area contributed by atoms with Crippen molar-refractivity contribution in [3.8, 4) is 0 Å². The predicted molar refractivity (Wildman–Crippen MR) is 315 cm³/mol. The molecule has 0 saturated carbocycles. The van der Waals surface area contributed by atoms with Gasteiger partial charge in [-0.3, -0.25) is 28.8 Å². The fraction of sp³-hybridized carbons (Fsp3) is 0.594. The molecular formula is C64H94N8O6. The summed E-state index contributed by atoms with van der Waals surface area (Å²) in [4.78, 5) is 91.4.